The predicted octanol–water partition coefficient (Wildman–Crippen LogP) is 4.64. The lowest BCUT2D eigenvalue weighted by Crippen LogP contribution is -2.49. The van der Waals surface area contributed by atoms with Gasteiger partial charge in [-0.15, -0.1) is 0 Å². The van der Waals surface area contributed by atoms with Crippen molar-refractivity contribution in [2.75, 3.05) is 0 Å². The van der Waals surface area contributed by atoms with Crippen LogP contribution in [0.25, 0.3) is 0 Å². The van der Waals surface area contributed by atoms with Crippen LogP contribution in [-0.4, -0.2) is 0 Å². The predicted molar refractivity (Wildman–Crippen MR) is 64.7 cm³/mol. The highest BCUT2D eigenvalue weighted by Crippen LogP contribution is 2.79. The Morgan fingerprint density at radius 1 is 1.00 bits per heavy atom. The maximum atomic E-state index is 2.63. The van der Waals surface area contributed by atoms with Crippen molar-refractivity contribution < 1.29 is 0 Å². The highest BCUT2D eigenvalue weighted by molar-refractivity contribution is 5.19. The highest BCUT2D eigenvalue weighted by atomic mass is 14.8. The van der Waals surface area contributed by atoms with Crippen molar-refractivity contribution in [3.63, 3.8) is 0 Å². The van der Waals surface area contributed by atoms with Crippen molar-refractivity contribution in [1.29, 1.82) is 0 Å². The Bertz CT molecular complexity index is 290. The van der Waals surface area contributed by atoms with Gasteiger partial charge < -0.3 is 0 Å². The van der Waals surface area contributed by atoms with E-state index < -0.39 is 0 Å². The molecule has 0 radical (unpaired) electrons. The quantitative estimate of drug-likeness (QED) is 0.541. The minimum absolute atomic E-state index is 0.616. The highest BCUT2D eigenvalue weighted by Gasteiger charge is 2.71. The van der Waals surface area contributed by atoms with Gasteiger partial charge in [-0.1, -0.05) is 40.5 Å². The summed E-state index contributed by atoms with van der Waals surface area (Å²) in [5.74, 6) is 2.02. The molecule has 3 fully saturated rings. The van der Waals surface area contributed by atoms with Crippen molar-refractivity contribution in [1.82, 2.24) is 0 Å². The van der Waals surface area contributed by atoms with Crippen LogP contribution in [0.3, 0.4) is 0 Å². The second-order valence-electron chi connectivity index (χ2n) is 7.51. The van der Waals surface area contributed by atoms with E-state index in [1.807, 2.05) is 0 Å². The lowest BCUT2D eigenvalue weighted by atomic mass is 9.48. The molecule has 0 amide bonds. The maximum Gasteiger partial charge on any atom is -0.0164 e. The van der Waals surface area contributed by atoms with E-state index in [1.165, 1.54) is 38.5 Å². The van der Waals surface area contributed by atoms with Gasteiger partial charge in [-0.05, 0) is 53.8 Å². The third-order valence-electron chi connectivity index (χ3n) is 6.95. The summed E-state index contributed by atoms with van der Waals surface area (Å²) < 4.78 is 0. The average molecular weight is 206 g/mol. The van der Waals surface area contributed by atoms with Crippen molar-refractivity contribution in [2.45, 2.75) is 66.2 Å². The first kappa shape index (κ1) is 10.2. The number of rotatable bonds is 0. The van der Waals surface area contributed by atoms with Crippen molar-refractivity contribution in [3.05, 3.63) is 0 Å². The molecule has 3 aliphatic rings. The fourth-order valence-electron chi connectivity index (χ4n) is 6.53. The van der Waals surface area contributed by atoms with E-state index >= 15 is 0 Å². The summed E-state index contributed by atoms with van der Waals surface area (Å²) in [6.07, 6.45) is 9.07. The topological polar surface area (TPSA) is 0 Å². The summed E-state index contributed by atoms with van der Waals surface area (Å²) in [6, 6.07) is 0. The lowest BCUT2D eigenvalue weighted by molar-refractivity contribution is -0.0740. The van der Waals surface area contributed by atoms with Gasteiger partial charge in [0.25, 0.3) is 0 Å². The van der Waals surface area contributed by atoms with Crippen molar-refractivity contribution in [2.24, 2.45) is 28.1 Å². The summed E-state index contributed by atoms with van der Waals surface area (Å²) in [5.41, 5.74) is 2.02. The largest absolute Gasteiger partial charge is 0.0619 e. The Kier molecular flexibility index (Phi) is 1.78. The van der Waals surface area contributed by atoms with Gasteiger partial charge >= 0.3 is 0 Å². The van der Waals surface area contributed by atoms with Gasteiger partial charge in [0.05, 0.1) is 0 Å². The first-order valence-electron chi connectivity index (χ1n) is 6.94. The monoisotopic (exact) mass is 206 g/mol. The third-order valence-corrected chi connectivity index (χ3v) is 6.95. The first-order valence-corrected chi connectivity index (χ1v) is 6.94. The Balaban J connectivity index is 2.15. The van der Waals surface area contributed by atoms with Crippen LogP contribution >= 0.6 is 0 Å². The summed E-state index contributed by atoms with van der Waals surface area (Å²) in [6.45, 7) is 10.3. The molecule has 4 atom stereocenters. The standard InChI is InChI=1S/C15H26/c1-11-6-5-8-14(4)12-7-9-15(11,14)13(2,3)10-12/h11-12H,5-10H2,1-4H3. The molecule has 0 heteroatoms. The second-order valence-corrected chi connectivity index (χ2v) is 7.51. The number of hydrogen-bond donors (Lipinski definition) is 0. The molecule has 86 valence electrons. The van der Waals surface area contributed by atoms with E-state index in [0.717, 1.165) is 11.8 Å². The molecule has 0 N–H and O–H groups in total. The smallest absolute Gasteiger partial charge is 0.0164 e. The van der Waals surface area contributed by atoms with Crippen LogP contribution < -0.4 is 0 Å². The van der Waals surface area contributed by atoms with Gasteiger partial charge in [0, 0.05) is 0 Å². The zero-order valence-electron chi connectivity index (χ0n) is 10.9. The molecule has 3 aliphatic carbocycles. The van der Waals surface area contributed by atoms with Crippen LogP contribution in [0.2, 0.25) is 0 Å². The third kappa shape index (κ3) is 0.875. The fourth-order valence-corrected chi connectivity index (χ4v) is 6.53. The maximum absolute atomic E-state index is 2.63. The van der Waals surface area contributed by atoms with Gasteiger partial charge in [-0.25, -0.2) is 0 Å². The van der Waals surface area contributed by atoms with E-state index in [-0.39, 0.29) is 0 Å². The average Bonchev–Trinajstić information content (AvgIpc) is 2.50. The molecule has 15 heavy (non-hydrogen) atoms. The molecule has 0 aliphatic heterocycles. The van der Waals surface area contributed by atoms with Crippen LogP contribution in [0, 0.1) is 28.1 Å². The van der Waals surface area contributed by atoms with Crippen LogP contribution in [0.4, 0.5) is 0 Å². The molecular formula is C15H26. The normalized spacial score (nSPS) is 56.8. The molecule has 3 saturated carbocycles. The molecule has 0 aromatic heterocycles. The molecule has 0 aromatic rings. The molecule has 0 saturated heterocycles. The van der Waals surface area contributed by atoms with Crippen LogP contribution in [0.1, 0.15) is 66.2 Å². The van der Waals surface area contributed by atoms with Crippen LogP contribution in [0.15, 0.2) is 0 Å². The molecule has 3 rings (SSSR count). The van der Waals surface area contributed by atoms with Crippen LogP contribution in [-0.2, 0) is 0 Å². The van der Waals surface area contributed by atoms with Crippen LogP contribution in [0.5, 0.6) is 0 Å². The molecule has 0 aromatic carbocycles. The Labute approximate surface area is 94.8 Å². The zero-order valence-corrected chi connectivity index (χ0v) is 10.9. The molecular weight excluding hydrogens is 180 g/mol. The molecule has 0 nitrogen and oxygen atoms in total. The molecule has 0 heterocycles. The minimum atomic E-state index is 0.616. The Hall–Kier alpha value is 0. The summed E-state index contributed by atoms with van der Waals surface area (Å²) in [7, 11) is 0. The van der Waals surface area contributed by atoms with Gasteiger partial charge in [0.15, 0.2) is 0 Å². The SMILES string of the molecule is CC1CCCC2(C)C3CCC12C(C)(C)C3. The zero-order chi connectivity index (χ0) is 10.9. The van der Waals surface area contributed by atoms with Gasteiger partial charge in [0.1, 0.15) is 0 Å². The number of hydrogen-bond acceptors (Lipinski definition) is 0. The van der Waals surface area contributed by atoms with E-state index in [4.69, 9.17) is 0 Å². The summed E-state index contributed by atoms with van der Waals surface area (Å²) in [4.78, 5) is 0. The van der Waals surface area contributed by atoms with E-state index in [1.54, 1.807) is 0 Å². The van der Waals surface area contributed by atoms with E-state index in [9.17, 15) is 0 Å². The van der Waals surface area contributed by atoms with E-state index in [0.29, 0.717) is 16.2 Å². The Morgan fingerprint density at radius 3 is 2.33 bits per heavy atom. The van der Waals surface area contributed by atoms with Crippen molar-refractivity contribution in [3.8, 4) is 0 Å². The fraction of sp³-hybridized carbons (Fsp3) is 1.00. The van der Waals surface area contributed by atoms with Gasteiger partial charge in [0.2, 0.25) is 0 Å². The first-order chi connectivity index (χ1) is 6.94. The summed E-state index contributed by atoms with van der Waals surface area (Å²) in [5, 5.41) is 0. The minimum Gasteiger partial charge on any atom is -0.0619 e. The van der Waals surface area contributed by atoms with Gasteiger partial charge in [-0.3, -0.25) is 0 Å². The summed E-state index contributed by atoms with van der Waals surface area (Å²) >= 11 is 0. The Morgan fingerprint density at radius 2 is 1.73 bits per heavy atom. The lowest BCUT2D eigenvalue weighted by Gasteiger charge is -2.56. The van der Waals surface area contributed by atoms with E-state index in [2.05, 4.69) is 27.7 Å². The van der Waals surface area contributed by atoms with Crippen molar-refractivity contribution >= 4 is 0 Å². The molecule has 2 bridgehead atoms. The molecule has 0 spiro atoms. The second kappa shape index (κ2) is 2.63. The molecule has 4 unspecified atom stereocenters. The van der Waals surface area contributed by atoms with Gasteiger partial charge in [-0.2, -0.15) is 0 Å².